The highest BCUT2D eigenvalue weighted by atomic mass is 19.1. The van der Waals surface area contributed by atoms with Crippen LogP contribution in [0.5, 0.6) is 0 Å². The van der Waals surface area contributed by atoms with E-state index in [9.17, 15) is 9.18 Å². The number of carbonyl (C=O) groups excluding carboxylic acids is 1. The summed E-state index contributed by atoms with van der Waals surface area (Å²) in [5, 5.41) is 5.39. The molecule has 74 valence electrons. The van der Waals surface area contributed by atoms with Gasteiger partial charge in [0.2, 0.25) is 5.91 Å². The fraction of sp³-hybridized carbons (Fsp3) is 0.300. The molecule has 0 bridgehead atoms. The Labute approximate surface area is 81.3 Å². The molecule has 0 fully saturated rings. The summed E-state index contributed by atoms with van der Waals surface area (Å²) in [6.07, 6.45) is 0. The molecule has 0 spiro atoms. The van der Waals surface area contributed by atoms with E-state index in [0.29, 0.717) is 5.69 Å². The van der Waals surface area contributed by atoms with E-state index >= 15 is 0 Å². The van der Waals surface area contributed by atoms with Crippen LogP contribution in [0, 0.1) is 12.7 Å². The van der Waals surface area contributed by atoms with E-state index < -0.39 is 6.04 Å². The monoisotopic (exact) mass is 194 g/mol. The molecule has 1 heterocycles. The highest BCUT2D eigenvalue weighted by molar-refractivity contribution is 6.03. The van der Waals surface area contributed by atoms with E-state index in [0.717, 1.165) is 11.1 Å². The normalized spacial score (nSPS) is 19.4. The zero-order valence-corrected chi connectivity index (χ0v) is 8.02. The Balaban J connectivity index is 2.62. The molecule has 1 unspecified atom stereocenters. The third-order valence-electron chi connectivity index (χ3n) is 2.50. The van der Waals surface area contributed by atoms with Crippen LogP contribution in [0.15, 0.2) is 12.1 Å². The van der Waals surface area contributed by atoms with E-state index in [1.165, 1.54) is 6.07 Å². The molecule has 1 aromatic carbocycles. The molecule has 0 aromatic heterocycles. The van der Waals surface area contributed by atoms with Crippen molar-refractivity contribution >= 4 is 11.6 Å². The Bertz CT molecular complexity index is 403. The molecule has 0 saturated carbocycles. The summed E-state index contributed by atoms with van der Waals surface area (Å²) in [5.74, 6) is -0.576. The standard InChI is InChI=1S/C10H11FN2O/c1-5-3-4-6(11)8-7(5)9(12-2)10(14)13-8/h3-4,9,12H,1-2H3,(H,13,14). The van der Waals surface area contributed by atoms with Crippen molar-refractivity contribution in [1.29, 1.82) is 0 Å². The molecule has 0 aliphatic carbocycles. The molecule has 2 N–H and O–H groups in total. The van der Waals surface area contributed by atoms with Crippen LogP contribution in [0.1, 0.15) is 17.2 Å². The average Bonchev–Trinajstić information content (AvgIpc) is 2.50. The number of nitrogens with one attached hydrogen (secondary N) is 2. The Morgan fingerprint density at radius 2 is 2.21 bits per heavy atom. The molecular weight excluding hydrogens is 183 g/mol. The summed E-state index contributed by atoms with van der Waals surface area (Å²) in [6.45, 7) is 1.86. The van der Waals surface area contributed by atoms with Gasteiger partial charge in [-0.2, -0.15) is 0 Å². The number of likely N-dealkylation sites (N-methyl/N-ethyl adjacent to an activating group) is 1. The summed E-state index contributed by atoms with van der Waals surface area (Å²) >= 11 is 0. The molecule has 3 nitrogen and oxygen atoms in total. The second-order valence-electron chi connectivity index (χ2n) is 3.36. The van der Waals surface area contributed by atoms with Gasteiger partial charge in [0.15, 0.2) is 0 Å². The first kappa shape index (κ1) is 9.15. The molecule has 0 radical (unpaired) electrons. The maximum Gasteiger partial charge on any atom is 0.246 e. The summed E-state index contributed by atoms with van der Waals surface area (Å²) in [6, 6.07) is 2.62. The van der Waals surface area contributed by atoms with Crippen molar-refractivity contribution in [3.05, 3.63) is 29.1 Å². The molecule has 4 heteroatoms. The van der Waals surface area contributed by atoms with Crippen molar-refractivity contribution in [2.45, 2.75) is 13.0 Å². The van der Waals surface area contributed by atoms with E-state index in [2.05, 4.69) is 10.6 Å². The number of amides is 1. The Morgan fingerprint density at radius 3 is 2.86 bits per heavy atom. The number of hydrogen-bond donors (Lipinski definition) is 2. The molecule has 1 atom stereocenters. The zero-order valence-electron chi connectivity index (χ0n) is 8.02. The lowest BCUT2D eigenvalue weighted by atomic mass is 10.0. The predicted molar refractivity (Wildman–Crippen MR) is 51.6 cm³/mol. The van der Waals surface area contributed by atoms with Crippen molar-refractivity contribution in [3.63, 3.8) is 0 Å². The van der Waals surface area contributed by atoms with Crippen LogP contribution < -0.4 is 10.6 Å². The second-order valence-corrected chi connectivity index (χ2v) is 3.36. The minimum Gasteiger partial charge on any atom is -0.322 e. The largest absolute Gasteiger partial charge is 0.322 e. The number of rotatable bonds is 1. The van der Waals surface area contributed by atoms with Gasteiger partial charge in [-0.15, -0.1) is 0 Å². The average molecular weight is 194 g/mol. The number of fused-ring (bicyclic) bond motifs is 1. The van der Waals surface area contributed by atoms with Gasteiger partial charge in [0.05, 0.1) is 5.69 Å². The summed E-state index contributed by atoms with van der Waals surface area (Å²) in [4.78, 5) is 11.4. The quantitative estimate of drug-likeness (QED) is 0.708. The van der Waals surface area contributed by atoms with Crippen LogP contribution in [0.2, 0.25) is 0 Å². The van der Waals surface area contributed by atoms with Gasteiger partial charge in [-0.3, -0.25) is 4.79 Å². The zero-order chi connectivity index (χ0) is 10.3. The number of hydrogen-bond acceptors (Lipinski definition) is 2. The summed E-state index contributed by atoms with van der Waals surface area (Å²) in [5.41, 5.74) is 1.95. The number of aryl methyl sites for hydroxylation is 1. The maximum atomic E-state index is 13.3. The van der Waals surface area contributed by atoms with Crippen LogP contribution in [0.25, 0.3) is 0 Å². The first-order valence-corrected chi connectivity index (χ1v) is 4.42. The highest BCUT2D eigenvalue weighted by Crippen LogP contribution is 2.35. The van der Waals surface area contributed by atoms with Gasteiger partial charge in [0.25, 0.3) is 0 Å². The second kappa shape index (κ2) is 3.06. The lowest BCUT2D eigenvalue weighted by Crippen LogP contribution is -2.24. The fourth-order valence-electron chi connectivity index (χ4n) is 1.80. The van der Waals surface area contributed by atoms with Crippen LogP contribution >= 0.6 is 0 Å². The molecule has 2 rings (SSSR count). The van der Waals surface area contributed by atoms with Crippen LogP contribution in [0.4, 0.5) is 10.1 Å². The number of anilines is 1. The van der Waals surface area contributed by atoms with Gasteiger partial charge in [-0.1, -0.05) is 6.07 Å². The molecule has 1 aromatic rings. The highest BCUT2D eigenvalue weighted by Gasteiger charge is 2.32. The Hall–Kier alpha value is -1.42. The summed E-state index contributed by atoms with van der Waals surface area (Å²) < 4.78 is 13.3. The lowest BCUT2D eigenvalue weighted by Gasteiger charge is -2.09. The van der Waals surface area contributed by atoms with Crippen molar-refractivity contribution in [3.8, 4) is 0 Å². The van der Waals surface area contributed by atoms with Crippen molar-refractivity contribution < 1.29 is 9.18 Å². The minimum absolute atomic E-state index is 0.198. The van der Waals surface area contributed by atoms with E-state index in [1.54, 1.807) is 13.1 Å². The SMILES string of the molecule is CNC1C(=O)Nc2c(F)ccc(C)c21. The fourth-order valence-corrected chi connectivity index (χ4v) is 1.80. The minimum atomic E-state index is -0.430. The number of halogens is 1. The number of carbonyl (C=O) groups is 1. The predicted octanol–water partition coefficient (Wildman–Crippen LogP) is 1.35. The van der Waals surface area contributed by atoms with Crippen molar-refractivity contribution in [2.24, 2.45) is 0 Å². The third-order valence-corrected chi connectivity index (χ3v) is 2.50. The van der Waals surface area contributed by atoms with Gasteiger partial charge in [0.1, 0.15) is 11.9 Å². The molecule has 1 aliphatic rings. The molecule has 1 aliphatic heterocycles. The molecule has 1 amide bonds. The molecule has 0 saturated heterocycles. The topological polar surface area (TPSA) is 41.1 Å². The lowest BCUT2D eigenvalue weighted by molar-refractivity contribution is -0.117. The first-order chi connectivity index (χ1) is 6.65. The van der Waals surface area contributed by atoms with Crippen molar-refractivity contribution in [2.75, 3.05) is 12.4 Å². The Morgan fingerprint density at radius 1 is 1.50 bits per heavy atom. The van der Waals surface area contributed by atoms with Crippen LogP contribution in [-0.2, 0) is 4.79 Å². The van der Waals surface area contributed by atoms with Gasteiger partial charge in [0, 0.05) is 5.56 Å². The number of benzene rings is 1. The van der Waals surface area contributed by atoms with Gasteiger partial charge >= 0.3 is 0 Å². The van der Waals surface area contributed by atoms with Crippen molar-refractivity contribution in [1.82, 2.24) is 5.32 Å². The van der Waals surface area contributed by atoms with E-state index in [-0.39, 0.29) is 11.7 Å². The van der Waals surface area contributed by atoms with E-state index in [1.807, 2.05) is 6.92 Å². The van der Waals surface area contributed by atoms with Gasteiger partial charge in [-0.05, 0) is 25.6 Å². The summed E-state index contributed by atoms with van der Waals surface area (Å²) in [7, 11) is 1.68. The van der Waals surface area contributed by atoms with Gasteiger partial charge in [-0.25, -0.2) is 4.39 Å². The van der Waals surface area contributed by atoms with E-state index in [4.69, 9.17) is 0 Å². The third kappa shape index (κ3) is 1.11. The van der Waals surface area contributed by atoms with Gasteiger partial charge < -0.3 is 10.6 Å². The first-order valence-electron chi connectivity index (χ1n) is 4.42. The molecular formula is C10H11FN2O. The van der Waals surface area contributed by atoms with Crippen LogP contribution in [-0.4, -0.2) is 13.0 Å². The van der Waals surface area contributed by atoms with Crippen LogP contribution in [0.3, 0.4) is 0 Å². The Kier molecular flexibility index (Phi) is 2.00. The molecule has 14 heavy (non-hydrogen) atoms. The maximum absolute atomic E-state index is 13.3. The smallest absolute Gasteiger partial charge is 0.246 e.